The molecule has 0 saturated carbocycles. The van der Waals surface area contributed by atoms with Gasteiger partial charge >= 0.3 is 0 Å². The number of anilines is 1. The van der Waals surface area contributed by atoms with Gasteiger partial charge in [0, 0.05) is 26.2 Å². The Hall–Kier alpha value is -1.69. The highest BCUT2D eigenvalue weighted by Gasteiger charge is 2.26. The molecule has 1 saturated heterocycles. The molecule has 0 aromatic carbocycles. The molecule has 0 radical (unpaired) electrons. The van der Waals surface area contributed by atoms with Crippen LogP contribution >= 0.6 is 0 Å². The van der Waals surface area contributed by atoms with Crippen LogP contribution in [0.5, 0.6) is 0 Å². The third-order valence-electron chi connectivity index (χ3n) is 3.97. The summed E-state index contributed by atoms with van der Waals surface area (Å²) < 4.78 is 0. The van der Waals surface area contributed by atoms with Gasteiger partial charge in [0.2, 0.25) is 0 Å². The summed E-state index contributed by atoms with van der Waals surface area (Å²) in [5.41, 5.74) is 0.403. The van der Waals surface area contributed by atoms with Gasteiger partial charge in [0.1, 0.15) is 11.5 Å². The van der Waals surface area contributed by atoms with E-state index in [4.69, 9.17) is 0 Å². The lowest BCUT2D eigenvalue weighted by atomic mass is 10.2. The molecule has 1 aliphatic rings. The second-order valence-electron chi connectivity index (χ2n) is 5.43. The molecule has 0 aliphatic carbocycles. The summed E-state index contributed by atoms with van der Waals surface area (Å²) in [5.74, 6) is 0.637. The Bertz CT molecular complexity index is 462. The lowest BCUT2D eigenvalue weighted by Crippen LogP contribution is -2.41. The number of amides is 1. The van der Waals surface area contributed by atoms with Crippen molar-refractivity contribution in [3.05, 3.63) is 18.1 Å². The van der Waals surface area contributed by atoms with Gasteiger partial charge in [-0.15, -0.1) is 0 Å². The number of hydrogen-bond donors (Lipinski definition) is 1. The van der Waals surface area contributed by atoms with Crippen molar-refractivity contribution in [3.8, 4) is 0 Å². The first-order valence-corrected chi connectivity index (χ1v) is 7.71. The minimum Gasteiger partial charge on any atom is -0.369 e. The molecule has 1 aliphatic heterocycles. The van der Waals surface area contributed by atoms with Crippen LogP contribution in [0.1, 0.15) is 37.2 Å². The Kier molecular flexibility index (Phi) is 5.50. The number of likely N-dealkylation sites (tertiary alicyclic amines) is 1. The molecule has 0 spiro atoms. The predicted octanol–water partition coefficient (Wildman–Crippen LogP) is 1.46. The van der Waals surface area contributed by atoms with E-state index in [1.165, 1.54) is 6.42 Å². The molecule has 116 valence electrons. The van der Waals surface area contributed by atoms with E-state index in [0.29, 0.717) is 17.6 Å². The maximum atomic E-state index is 12.4. The van der Waals surface area contributed by atoms with Crippen LogP contribution in [0.4, 0.5) is 5.82 Å². The highest BCUT2D eigenvalue weighted by molar-refractivity contribution is 5.91. The first-order chi connectivity index (χ1) is 10.2. The molecule has 2 rings (SSSR count). The average Bonchev–Trinajstić information content (AvgIpc) is 2.94. The highest BCUT2D eigenvalue weighted by atomic mass is 16.2. The lowest BCUT2D eigenvalue weighted by Gasteiger charge is -2.27. The third-order valence-corrected chi connectivity index (χ3v) is 3.97. The maximum Gasteiger partial charge on any atom is 0.273 e. The number of nitrogens with one attached hydrogen (secondary N) is 1. The minimum atomic E-state index is -0.0616. The Morgan fingerprint density at radius 3 is 2.86 bits per heavy atom. The third kappa shape index (κ3) is 3.91. The number of likely N-dealkylation sites (N-methyl/N-ethyl adjacent to an activating group) is 2. The lowest BCUT2D eigenvalue weighted by molar-refractivity contribution is 0.0748. The molecule has 21 heavy (non-hydrogen) atoms. The fourth-order valence-corrected chi connectivity index (χ4v) is 2.82. The first kappa shape index (κ1) is 15.7. The largest absolute Gasteiger partial charge is 0.369 e. The van der Waals surface area contributed by atoms with Crippen molar-refractivity contribution in [1.29, 1.82) is 0 Å². The van der Waals surface area contributed by atoms with Gasteiger partial charge in [0.05, 0.1) is 12.4 Å². The topological polar surface area (TPSA) is 61.4 Å². The molecule has 1 fully saturated rings. The normalized spacial score (nSPS) is 18.7. The van der Waals surface area contributed by atoms with Gasteiger partial charge in [-0.05, 0) is 32.9 Å². The summed E-state index contributed by atoms with van der Waals surface area (Å²) in [6.45, 7) is 7.89. The molecule has 6 heteroatoms. The van der Waals surface area contributed by atoms with Crippen LogP contribution in [0.2, 0.25) is 0 Å². The van der Waals surface area contributed by atoms with Crippen molar-refractivity contribution < 1.29 is 4.79 Å². The van der Waals surface area contributed by atoms with E-state index in [1.54, 1.807) is 17.3 Å². The van der Waals surface area contributed by atoms with E-state index in [2.05, 4.69) is 27.1 Å². The highest BCUT2D eigenvalue weighted by Crippen LogP contribution is 2.17. The summed E-state index contributed by atoms with van der Waals surface area (Å²) in [5, 5.41) is 3.07. The Labute approximate surface area is 126 Å². The van der Waals surface area contributed by atoms with E-state index in [0.717, 1.165) is 32.6 Å². The Morgan fingerprint density at radius 1 is 1.43 bits per heavy atom. The van der Waals surface area contributed by atoms with Crippen LogP contribution in [0, 0.1) is 0 Å². The second kappa shape index (κ2) is 7.36. The van der Waals surface area contributed by atoms with Crippen LogP contribution in [0.3, 0.4) is 0 Å². The molecular weight excluding hydrogens is 266 g/mol. The fourth-order valence-electron chi connectivity index (χ4n) is 2.82. The number of aromatic nitrogens is 2. The summed E-state index contributed by atoms with van der Waals surface area (Å²) >= 11 is 0. The molecular formula is C15H25N5O. The van der Waals surface area contributed by atoms with Gasteiger partial charge in [0.25, 0.3) is 5.91 Å². The van der Waals surface area contributed by atoms with E-state index in [9.17, 15) is 4.79 Å². The van der Waals surface area contributed by atoms with Crippen molar-refractivity contribution >= 4 is 11.7 Å². The second-order valence-corrected chi connectivity index (χ2v) is 5.43. The monoisotopic (exact) mass is 291 g/mol. The quantitative estimate of drug-likeness (QED) is 0.860. The van der Waals surface area contributed by atoms with Crippen LogP contribution in [-0.2, 0) is 0 Å². The van der Waals surface area contributed by atoms with E-state index in [-0.39, 0.29) is 5.91 Å². The fraction of sp³-hybridized carbons (Fsp3) is 0.667. The molecule has 2 heterocycles. The van der Waals surface area contributed by atoms with Crippen molar-refractivity contribution in [2.75, 3.05) is 38.5 Å². The first-order valence-electron chi connectivity index (χ1n) is 7.71. The van der Waals surface area contributed by atoms with Crippen molar-refractivity contribution in [2.45, 2.75) is 32.7 Å². The van der Waals surface area contributed by atoms with Gasteiger partial charge in [-0.1, -0.05) is 6.92 Å². The van der Waals surface area contributed by atoms with Crippen LogP contribution in [0.15, 0.2) is 12.4 Å². The zero-order valence-electron chi connectivity index (χ0n) is 13.2. The van der Waals surface area contributed by atoms with Crippen molar-refractivity contribution in [2.24, 2.45) is 0 Å². The molecule has 0 bridgehead atoms. The number of rotatable bonds is 6. The predicted molar refractivity (Wildman–Crippen MR) is 83.4 cm³/mol. The number of hydrogen-bond acceptors (Lipinski definition) is 5. The summed E-state index contributed by atoms with van der Waals surface area (Å²) in [6.07, 6.45) is 5.54. The van der Waals surface area contributed by atoms with E-state index >= 15 is 0 Å². The van der Waals surface area contributed by atoms with Crippen LogP contribution in [-0.4, -0.2) is 64.9 Å². The van der Waals surface area contributed by atoms with Crippen molar-refractivity contribution in [3.63, 3.8) is 0 Å². The molecule has 1 amide bonds. The smallest absolute Gasteiger partial charge is 0.273 e. The SMILES string of the molecule is CCNc1cnc(C(=O)N(C)CC2CCCN2CC)cn1. The van der Waals surface area contributed by atoms with Gasteiger partial charge in [-0.2, -0.15) is 0 Å². The molecule has 1 aromatic heterocycles. The number of carbonyl (C=O) groups excluding carboxylic acids is 1. The summed E-state index contributed by atoms with van der Waals surface area (Å²) in [6, 6.07) is 0.470. The molecule has 6 nitrogen and oxygen atoms in total. The number of nitrogens with zero attached hydrogens (tertiary/aromatic N) is 4. The Balaban J connectivity index is 1.95. The van der Waals surface area contributed by atoms with Crippen LogP contribution in [0.25, 0.3) is 0 Å². The molecule has 1 N–H and O–H groups in total. The number of carbonyl (C=O) groups is 1. The van der Waals surface area contributed by atoms with E-state index < -0.39 is 0 Å². The molecule has 1 atom stereocenters. The van der Waals surface area contributed by atoms with Gasteiger partial charge in [0.15, 0.2) is 0 Å². The summed E-state index contributed by atoms with van der Waals surface area (Å²) in [4.78, 5) is 25.0. The Morgan fingerprint density at radius 2 is 2.24 bits per heavy atom. The van der Waals surface area contributed by atoms with Gasteiger partial charge in [-0.3, -0.25) is 9.69 Å². The summed E-state index contributed by atoms with van der Waals surface area (Å²) in [7, 11) is 1.84. The molecule has 1 unspecified atom stereocenters. The zero-order chi connectivity index (χ0) is 15.2. The van der Waals surface area contributed by atoms with Gasteiger partial charge < -0.3 is 10.2 Å². The minimum absolute atomic E-state index is 0.0616. The van der Waals surface area contributed by atoms with Gasteiger partial charge in [-0.25, -0.2) is 9.97 Å². The maximum absolute atomic E-state index is 12.4. The van der Waals surface area contributed by atoms with E-state index in [1.807, 2.05) is 14.0 Å². The van der Waals surface area contributed by atoms with Crippen molar-refractivity contribution in [1.82, 2.24) is 19.8 Å². The average molecular weight is 291 g/mol. The molecule has 1 aromatic rings. The van der Waals surface area contributed by atoms with Crippen LogP contribution < -0.4 is 5.32 Å². The standard InChI is InChI=1S/C15H25N5O/c1-4-16-14-10-17-13(9-18-14)15(21)19(3)11-12-7-6-8-20(12)5-2/h9-10,12H,4-8,11H2,1-3H3,(H,16,18). The zero-order valence-corrected chi connectivity index (χ0v) is 13.2.